The minimum Gasteiger partial charge on any atom is -0.388 e. The van der Waals surface area contributed by atoms with Crippen LogP contribution in [0.5, 0.6) is 0 Å². The predicted molar refractivity (Wildman–Crippen MR) is 129 cm³/mol. The van der Waals surface area contributed by atoms with Gasteiger partial charge in [-0.3, -0.25) is 4.98 Å². The van der Waals surface area contributed by atoms with Gasteiger partial charge in [-0.15, -0.1) is 0 Å². The van der Waals surface area contributed by atoms with Crippen LogP contribution in [0.3, 0.4) is 0 Å². The molecule has 1 fully saturated rings. The summed E-state index contributed by atoms with van der Waals surface area (Å²) < 4.78 is 7.02. The van der Waals surface area contributed by atoms with Gasteiger partial charge in [0.15, 0.2) is 0 Å². The Morgan fingerprint density at radius 1 is 1.06 bits per heavy atom. The van der Waals surface area contributed by atoms with E-state index in [4.69, 9.17) is 19.7 Å². The van der Waals surface area contributed by atoms with Gasteiger partial charge in [-0.2, -0.15) is 0 Å². The fourth-order valence-corrected chi connectivity index (χ4v) is 6.28. The summed E-state index contributed by atoms with van der Waals surface area (Å²) in [5.41, 5.74) is 6.28. The first-order chi connectivity index (χ1) is 15.4. The summed E-state index contributed by atoms with van der Waals surface area (Å²) in [4.78, 5) is 14.7. The standard InChI is InChI=1S/C28H39N3O2/c1-16(2)23-21-22(20-18(31-23)12-27(6,7)13-19(20)32)28(10-8-9-11-28)33-24(21)17-14-29-25(30-15-17)26(3,4)5/h14-16,19,24,32H,8-13H2,1-7H3/t19?,24-/m1/s1. The third kappa shape index (κ3) is 3.72. The summed E-state index contributed by atoms with van der Waals surface area (Å²) in [5.74, 6) is 1.11. The summed E-state index contributed by atoms with van der Waals surface area (Å²) in [5, 5.41) is 11.4. The average molecular weight is 450 g/mol. The summed E-state index contributed by atoms with van der Waals surface area (Å²) in [7, 11) is 0. The number of aliphatic hydroxyl groups is 1. The molecule has 2 aromatic heterocycles. The van der Waals surface area contributed by atoms with E-state index in [-0.39, 0.29) is 28.5 Å². The van der Waals surface area contributed by atoms with Gasteiger partial charge >= 0.3 is 0 Å². The monoisotopic (exact) mass is 449 g/mol. The summed E-state index contributed by atoms with van der Waals surface area (Å²) in [6, 6.07) is 0. The van der Waals surface area contributed by atoms with Crippen LogP contribution < -0.4 is 0 Å². The highest BCUT2D eigenvalue weighted by Crippen LogP contribution is 2.59. The van der Waals surface area contributed by atoms with Gasteiger partial charge in [-0.25, -0.2) is 9.97 Å². The van der Waals surface area contributed by atoms with Crippen molar-refractivity contribution in [2.75, 3.05) is 0 Å². The van der Waals surface area contributed by atoms with E-state index >= 15 is 0 Å². The second kappa shape index (κ2) is 7.58. The van der Waals surface area contributed by atoms with E-state index < -0.39 is 6.10 Å². The quantitative estimate of drug-likeness (QED) is 0.592. The minimum atomic E-state index is -0.495. The number of aliphatic hydroxyl groups excluding tert-OH is 1. The minimum absolute atomic E-state index is 0.0419. The zero-order chi connectivity index (χ0) is 23.8. The van der Waals surface area contributed by atoms with Gasteiger partial charge in [0, 0.05) is 45.9 Å². The van der Waals surface area contributed by atoms with Crippen molar-refractivity contribution in [3.63, 3.8) is 0 Å². The second-order valence-electron chi connectivity index (χ2n) is 12.7. The van der Waals surface area contributed by atoms with Crippen molar-refractivity contribution < 1.29 is 9.84 Å². The van der Waals surface area contributed by atoms with Crippen LogP contribution in [-0.2, 0) is 22.2 Å². The maximum absolute atomic E-state index is 11.4. The summed E-state index contributed by atoms with van der Waals surface area (Å²) >= 11 is 0. The van der Waals surface area contributed by atoms with E-state index in [0.717, 1.165) is 66.9 Å². The van der Waals surface area contributed by atoms with Crippen LogP contribution in [0, 0.1) is 5.41 Å². The lowest BCUT2D eigenvalue weighted by Crippen LogP contribution is -2.32. The van der Waals surface area contributed by atoms with Gasteiger partial charge in [0.25, 0.3) is 0 Å². The molecular weight excluding hydrogens is 410 g/mol. The van der Waals surface area contributed by atoms with Crippen LogP contribution in [-0.4, -0.2) is 20.1 Å². The largest absolute Gasteiger partial charge is 0.388 e. The van der Waals surface area contributed by atoms with Crippen LogP contribution in [0.25, 0.3) is 0 Å². The van der Waals surface area contributed by atoms with Crippen LogP contribution in [0.15, 0.2) is 12.4 Å². The third-order valence-corrected chi connectivity index (χ3v) is 7.77. The smallest absolute Gasteiger partial charge is 0.133 e. The van der Waals surface area contributed by atoms with Gasteiger partial charge in [-0.1, -0.05) is 61.3 Å². The Hall–Kier alpha value is -1.85. The zero-order valence-electron chi connectivity index (χ0n) is 21.3. The van der Waals surface area contributed by atoms with Gasteiger partial charge in [0.1, 0.15) is 11.9 Å². The Balaban J connectivity index is 1.73. The SMILES string of the molecule is CC(C)c1nc2c(c3c1[C@@H](c1cnc(C(C)(C)C)nc1)OC31CCCC1)C(O)CC(C)(C)C2. The van der Waals surface area contributed by atoms with E-state index in [0.29, 0.717) is 0 Å². The van der Waals surface area contributed by atoms with Crippen molar-refractivity contribution in [1.29, 1.82) is 0 Å². The average Bonchev–Trinajstić information content (AvgIpc) is 3.31. The number of nitrogens with zero attached hydrogens (tertiary/aromatic N) is 3. The van der Waals surface area contributed by atoms with Gasteiger partial charge < -0.3 is 9.84 Å². The molecule has 0 bridgehead atoms. The van der Waals surface area contributed by atoms with Crippen LogP contribution in [0.4, 0.5) is 0 Å². The molecule has 2 atom stereocenters. The topological polar surface area (TPSA) is 68.1 Å². The van der Waals surface area contributed by atoms with Crippen molar-refractivity contribution in [3.05, 3.63) is 51.9 Å². The molecule has 2 aliphatic carbocycles. The number of pyridine rings is 1. The Kier molecular flexibility index (Phi) is 5.26. The number of hydrogen-bond donors (Lipinski definition) is 1. The maximum atomic E-state index is 11.4. The lowest BCUT2D eigenvalue weighted by molar-refractivity contribution is -0.0583. The number of hydrogen-bond acceptors (Lipinski definition) is 5. The molecule has 3 aliphatic rings. The summed E-state index contributed by atoms with van der Waals surface area (Å²) in [6.07, 6.45) is 9.13. The molecule has 1 N–H and O–H groups in total. The first-order valence-electron chi connectivity index (χ1n) is 12.7. The number of rotatable bonds is 2. The molecule has 5 nitrogen and oxygen atoms in total. The molecule has 1 spiro atoms. The number of aromatic nitrogens is 3. The van der Waals surface area contributed by atoms with Crippen LogP contribution >= 0.6 is 0 Å². The molecule has 1 saturated carbocycles. The fraction of sp³-hybridized carbons (Fsp3) is 0.679. The Morgan fingerprint density at radius 3 is 2.27 bits per heavy atom. The predicted octanol–water partition coefficient (Wildman–Crippen LogP) is 6.19. The summed E-state index contributed by atoms with van der Waals surface area (Å²) in [6.45, 7) is 15.3. The Morgan fingerprint density at radius 2 is 1.70 bits per heavy atom. The molecule has 33 heavy (non-hydrogen) atoms. The first-order valence-corrected chi connectivity index (χ1v) is 12.7. The first kappa shape index (κ1) is 22.9. The van der Waals surface area contributed by atoms with Gasteiger partial charge in [-0.05, 0) is 42.6 Å². The van der Waals surface area contributed by atoms with E-state index in [2.05, 4.69) is 48.5 Å². The van der Waals surface area contributed by atoms with E-state index in [1.165, 1.54) is 11.1 Å². The van der Waals surface area contributed by atoms with Crippen molar-refractivity contribution in [2.24, 2.45) is 5.41 Å². The molecular formula is C28H39N3O2. The highest BCUT2D eigenvalue weighted by molar-refractivity contribution is 5.54. The molecule has 5 rings (SSSR count). The fourth-order valence-electron chi connectivity index (χ4n) is 6.28. The van der Waals surface area contributed by atoms with E-state index in [1.807, 2.05) is 12.4 Å². The molecule has 178 valence electrons. The lowest BCUT2D eigenvalue weighted by Gasteiger charge is -2.38. The van der Waals surface area contributed by atoms with Crippen molar-refractivity contribution in [2.45, 2.75) is 116 Å². The molecule has 0 radical (unpaired) electrons. The van der Waals surface area contributed by atoms with Gasteiger partial charge in [0.05, 0.1) is 11.7 Å². The van der Waals surface area contributed by atoms with Crippen LogP contribution in [0.2, 0.25) is 0 Å². The Labute approximate surface area is 198 Å². The highest BCUT2D eigenvalue weighted by Gasteiger charge is 2.52. The van der Waals surface area contributed by atoms with Crippen molar-refractivity contribution >= 4 is 0 Å². The molecule has 5 heteroatoms. The normalized spacial score (nSPS) is 25.5. The Bertz CT molecular complexity index is 1060. The second-order valence-corrected chi connectivity index (χ2v) is 12.7. The lowest BCUT2D eigenvalue weighted by atomic mass is 9.70. The molecule has 1 unspecified atom stereocenters. The highest BCUT2D eigenvalue weighted by atomic mass is 16.5. The van der Waals surface area contributed by atoms with Crippen molar-refractivity contribution in [1.82, 2.24) is 15.0 Å². The molecule has 0 saturated heterocycles. The van der Waals surface area contributed by atoms with E-state index in [9.17, 15) is 5.11 Å². The molecule has 3 heterocycles. The van der Waals surface area contributed by atoms with Gasteiger partial charge in [0.2, 0.25) is 0 Å². The molecule has 0 aromatic carbocycles. The number of ether oxygens (including phenoxy) is 1. The number of fused-ring (bicyclic) bond motifs is 4. The maximum Gasteiger partial charge on any atom is 0.133 e. The third-order valence-electron chi connectivity index (χ3n) is 7.77. The van der Waals surface area contributed by atoms with E-state index in [1.54, 1.807) is 0 Å². The zero-order valence-corrected chi connectivity index (χ0v) is 21.3. The van der Waals surface area contributed by atoms with Crippen molar-refractivity contribution in [3.8, 4) is 0 Å². The molecule has 1 aliphatic heterocycles. The van der Waals surface area contributed by atoms with Crippen LogP contribution in [0.1, 0.15) is 138 Å². The molecule has 2 aromatic rings. The molecule has 0 amide bonds.